The second-order valence-corrected chi connectivity index (χ2v) is 4.48. The van der Waals surface area contributed by atoms with E-state index in [2.05, 4.69) is 16.8 Å². The molecular formula is C13H21N3O. The summed E-state index contributed by atoms with van der Waals surface area (Å²) in [6, 6.07) is 3.85. The molecule has 94 valence electrons. The van der Waals surface area contributed by atoms with Gasteiger partial charge in [-0.25, -0.2) is 0 Å². The van der Waals surface area contributed by atoms with E-state index in [1.54, 1.807) is 0 Å². The van der Waals surface area contributed by atoms with Gasteiger partial charge in [0, 0.05) is 13.1 Å². The van der Waals surface area contributed by atoms with Crippen molar-refractivity contribution in [3.63, 3.8) is 0 Å². The van der Waals surface area contributed by atoms with Crippen LogP contribution in [0.3, 0.4) is 0 Å². The molecule has 0 spiro atoms. The number of nitrogens with two attached hydrogens (primary N) is 1. The number of pyridine rings is 1. The Morgan fingerprint density at radius 1 is 1.41 bits per heavy atom. The molecule has 1 heterocycles. The van der Waals surface area contributed by atoms with Gasteiger partial charge in [-0.1, -0.05) is 0 Å². The monoisotopic (exact) mass is 235 g/mol. The molecule has 17 heavy (non-hydrogen) atoms. The molecule has 2 rings (SSSR count). The van der Waals surface area contributed by atoms with Gasteiger partial charge in [0.25, 0.3) is 0 Å². The van der Waals surface area contributed by atoms with E-state index in [9.17, 15) is 0 Å². The molecule has 4 nitrogen and oxygen atoms in total. The lowest BCUT2D eigenvalue weighted by Crippen LogP contribution is -2.26. The fraction of sp³-hybridized carbons (Fsp3) is 0.615. The van der Waals surface area contributed by atoms with Crippen LogP contribution in [0.15, 0.2) is 12.1 Å². The largest absolute Gasteiger partial charge is 0.476 e. The van der Waals surface area contributed by atoms with E-state index in [-0.39, 0.29) is 0 Å². The van der Waals surface area contributed by atoms with Crippen molar-refractivity contribution in [3.8, 4) is 5.88 Å². The van der Waals surface area contributed by atoms with Crippen molar-refractivity contribution in [2.45, 2.75) is 26.7 Å². The third-order valence-electron chi connectivity index (χ3n) is 3.04. The highest BCUT2D eigenvalue weighted by Crippen LogP contribution is 2.31. The summed E-state index contributed by atoms with van der Waals surface area (Å²) >= 11 is 0. The Labute approximate surface area is 103 Å². The molecule has 1 aliphatic carbocycles. The Hall–Kier alpha value is -1.45. The van der Waals surface area contributed by atoms with Crippen molar-refractivity contribution in [2.75, 3.05) is 30.3 Å². The van der Waals surface area contributed by atoms with Crippen molar-refractivity contribution >= 4 is 11.5 Å². The number of rotatable bonds is 6. The van der Waals surface area contributed by atoms with Gasteiger partial charge in [-0.05, 0) is 44.7 Å². The van der Waals surface area contributed by atoms with E-state index >= 15 is 0 Å². The number of aromatic nitrogens is 1. The molecule has 0 bridgehead atoms. The van der Waals surface area contributed by atoms with Crippen molar-refractivity contribution in [3.05, 3.63) is 12.1 Å². The molecule has 1 saturated carbocycles. The van der Waals surface area contributed by atoms with Gasteiger partial charge in [0.1, 0.15) is 5.82 Å². The minimum absolute atomic E-state index is 0.555. The molecule has 1 aliphatic rings. The van der Waals surface area contributed by atoms with Gasteiger partial charge in [0.15, 0.2) is 0 Å². The average molecular weight is 235 g/mol. The summed E-state index contributed by atoms with van der Waals surface area (Å²) < 4.78 is 5.43. The maximum absolute atomic E-state index is 5.82. The van der Waals surface area contributed by atoms with Crippen LogP contribution in [0.2, 0.25) is 0 Å². The third kappa shape index (κ3) is 3.02. The van der Waals surface area contributed by atoms with Crippen molar-refractivity contribution in [1.82, 2.24) is 4.98 Å². The molecular weight excluding hydrogens is 214 g/mol. The normalized spacial score (nSPS) is 14.7. The van der Waals surface area contributed by atoms with Gasteiger partial charge in [-0.15, -0.1) is 0 Å². The first-order chi connectivity index (χ1) is 8.24. The summed E-state index contributed by atoms with van der Waals surface area (Å²) in [4.78, 5) is 6.78. The number of nitrogen functional groups attached to an aromatic ring is 1. The summed E-state index contributed by atoms with van der Waals surface area (Å²) in [5, 5.41) is 0. The molecule has 2 N–H and O–H groups in total. The smallest absolute Gasteiger partial charge is 0.239 e. The molecule has 4 heteroatoms. The fourth-order valence-electron chi connectivity index (χ4n) is 1.87. The van der Waals surface area contributed by atoms with Crippen LogP contribution in [0.1, 0.15) is 26.7 Å². The first kappa shape index (κ1) is 12.0. The van der Waals surface area contributed by atoms with E-state index < -0.39 is 0 Å². The van der Waals surface area contributed by atoms with Crippen LogP contribution in [0.5, 0.6) is 5.88 Å². The highest BCUT2D eigenvalue weighted by Gasteiger charge is 2.24. The highest BCUT2D eigenvalue weighted by atomic mass is 16.5. The Morgan fingerprint density at radius 3 is 2.76 bits per heavy atom. The quantitative estimate of drug-likeness (QED) is 0.822. The second kappa shape index (κ2) is 5.25. The van der Waals surface area contributed by atoms with Gasteiger partial charge in [0.05, 0.1) is 12.3 Å². The predicted octanol–water partition coefficient (Wildman–Crippen LogP) is 2.30. The zero-order chi connectivity index (χ0) is 12.3. The van der Waals surface area contributed by atoms with Crippen LogP contribution in [0.4, 0.5) is 11.5 Å². The lowest BCUT2D eigenvalue weighted by Gasteiger charge is -2.22. The highest BCUT2D eigenvalue weighted by molar-refractivity contribution is 5.54. The van der Waals surface area contributed by atoms with Crippen LogP contribution in [-0.4, -0.2) is 24.7 Å². The molecule has 0 saturated heterocycles. The molecule has 0 aromatic carbocycles. The SMILES string of the molecule is CCOc1nc(N(CC)CC2CC2)ccc1N. The van der Waals surface area contributed by atoms with Crippen molar-refractivity contribution in [1.29, 1.82) is 0 Å². The predicted molar refractivity (Wildman–Crippen MR) is 70.4 cm³/mol. The molecule has 0 radical (unpaired) electrons. The third-order valence-corrected chi connectivity index (χ3v) is 3.04. The zero-order valence-electron chi connectivity index (χ0n) is 10.6. The Bertz CT molecular complexity index is 377. The maximum atomic E-state index is 5.82. The van der Waals surface area contributed by atoms with E-state index in [0.29, 0.717) is 18.2 Å². The first-order valence-electron chi connectivity index (χ1n) is 6.38. The Kier molecular flexibility index (Phi) is 3.71. The van der Waals surface area contributed by atoms with E-state index in [1.807, 2.05) is 19.1 Å². The number of nitrogens with zero attached hydrogens (tertiary/aromatic N) is 2. The standard InChI is InChI=1S/C13H21N3O/c1-3-16(9-10-5-6-10)12-8-7-11(14)13(15-12)17-4-2/h7-8,10H,3-6,9,14H2,1-2H3. The van der Waals surface area contributed by atoms with Crippen molar-refractivity contribution < 1.29 is 4.74 Å². The van der Waals surface area contributed by atoms with Crippen LogP contribution in [-0.2, 0) is 0 Å². The maximum Gasteiger partial charge on any atom is 0.239 e. The Morgan fingerprint density at radius 2 is 2.18 bits per heavy atom. The summed E-state index contributed by atoms with van der Waals surface area (Å²) in [5.41, 5.74) is 6.43. The van der Waals surface area contributed by atoms with Gasteiger partial charge in [-0.3, -0.25) is 0 Å². The number of ether oxygens (including phenoxy) is 1. The summed E-state index contributed by atoms with van der Waals surface area (Å²) in [6.45, 7) is 6.75. The van der Waals surface area contributed by atoms with Gasteiger partial charge < -0.3 is 15.4 Å². The van der Waals surface area contributed by atoms with Gasteiger partial charge >= 0.3 is 0 Å². The van der Waals surface area contributed by atoms with E-state index in [1.165, 1.54) is 12.8 Å². The molecule has 0 amide bonds. The van der Waals surface area contributed by atoms with Crippen LogP contribution >= 0.6 is 0 Å². The summed E-state index contributed by atoms with van der Waals surface area (Å²) in [5.74, 6) is 2.38. The molecule has 0 aliphatic heterocycles. The Balaban J connectivity index is 2.14. The van der Waals surface area contributed by atoms with Crippen molar-refractivity contribution in [2.24, 2.45) is 5.92 Å². The number of hydrogen-bond acceptors (Lipinski definition) is 4. The van der Waals surface area contributed by atoms with Gasteiger partial charge in [-0.2, -0.15) is 4.98 Å². The van der Waals surface area contributed by atoms with E-state index in [0.717, 1.165) is 24.8 Å². The second-order valence-electron chi connectivity index (χ2n) is 4.48. The van der Waals surface area contributed by atoms with Crippen LogP contribution in [0.25, 0.3) is 0 Å². The number of hydrogen-bond donors (Lipinski definition) is 1. The topological polar surface area (TPSA) is 51.4 Å². The molecule has 1 aromatic heterocycles. The van der Waals surface area contributed by atoms with E-state index in [4.69, 9.17) is 10.5 Å². The zero-order valence-corrected chi connectivity index (χ0v) is 10.6. The van der Waals surface area contributed by atoms with Gasteiger partial charge in [0.2, 0.25) is 5.88 Å². The minimum Gasteiger partial charge on any atom is -0.476 e. The average Bonchev–Trinajstić information content (AvgIpc) is 3.13. The molecule has 1 aromatic rings. The van der Waals surface area contributed by atoms with Crippen LogP contribution < -0.4 is 15.4 Å². The molecule has 0 unspecified atom stereocenters. The minimum atomic E-state index is 0.555. The summed E-state index contributed by atoms with van der Waals surface area (Å²) in [7, 11) is 0. The fourth-order valence-corrected chi connectivity index (χ4v) is 1.87. The molecule has 0 atom stereocenters. The number of anilines is 2. The molecule has 1 fully saturated rings. The first-order valence-corrected chi connectivity index (χ1v) is 6.38. The lowest BCUT2D eigenvalue weighted by atomic mass is 10.3. The summed E-state index contributed by atoms with van der Waals surface area (Å²) in [6.07, 6.45) is 2.70. The van der Waals surface area contributed by atoms with Crippen LogP contribution in [0, 0.1) is 5.92 Å². The lowest BCUT2D eigenvalue weighted by molar-refractivity contribution is 0.329.